The van der Waals surface area contributed by atoms with Crippen LogP contribution in [0.1, 0.15) is 10.4 Å². The van der Waals surface area contributed by atoms with Crippen LogP contribution in [0.2, 0.25) is 5.02 Å². The maximum atomic E-state index is 12.4. The number of amides is 1. The van der Waals surface area contributed by atoms with E-state index in [0.717, 1.165) is 5.57 Å². The zero-order valence-electron chi connectivity index (χ0n) is 13.1. The molecule has 6 heteroatoms. The van der Waals surface area contributed by atoms with Gasteiger partial charge in [0.2, 0.25) is 0 Å². The highest BCUT2D eigenvalue weighted by Crippen LogP contribution is 2.28. The van der Waals surface area contributed by atoms with Crippen LogP contribution in [0.15, 0.2) is 67.4 Å². The van der Waals surface area contributed by atoms with Gasteiger partial charge in [0.05, 0.1) is 17.5 Å². The largest absolute Gasteiger partial charge is 0.350 e. The van der Waals surface area contributed by atoms with E-state index in [0.29, 0.717) is 21.8 Å². The third-order valence-corrected chi connectivity index (χ3v) is 3.81. The lowest BCUT2D eigenvalue weighted by atomic mass is 10.1. The normalized spacial score (nSPS) is 12.5. The van der Waals surface area contributed by atoms with E-state index in [9.17, 15) is 4.79 Å². The van der Waals surface area contributed by atoms with Crippen LogP contribution in [-0.4, -0.2) is 28.7 Å². The highest BCUT2D eigenvalue weighted by atomic mass is 35.5. The van der Waals surface area contributed by atoms with E-state index in [1.54, 1.807) is 24.3 Å². The maximum absolute atomic E-state index is 12.4. The number of aromatic nitrogens is 2. The summed E-state index contributed by atoms with van der Waals surface area (Å²) in [6.45, 7) is 7.59. The van der Waals surface area contributed by atoms with E-state index >= 15 is 0 Å². The first-order chi connectivity index (χ1) is 11.6. The van der Waals surface area contributed by atoms with E-state index in [4.69, 9.17) is 17.3 Å². The van der Waals surface area contributed by atoms with Gasteiger partial charge in [-0.15, -0.1) is 0 Å². The second-order valence-corrected chi connectivity index (χ2v) is 5.47. The predicted molar refractivity (Wildman–Crippen MR) is 97.8 cm³/mol. The van der Waals surface area contributed by atoms with Gasteiger partial charge in [-0.25, -0.2) is 0 Å². The second kappa shape index (κ2) is 8.29. The topological polar surface area (TPSA) is 83.8 Å². The number of H-pyrrole nitrogens is 1. The van der Waals surface area contributed by atoms with Crippen molar-refractivity contribution in [1.29, 1.82) is 0 Å². The van der Waals surface area contributed by atoms with E-state index in [2.05, 4.69) is 28.7 Å². The third-order valence-electron chi connectivity index (χ3n) is 3.48. The van der Waals surface area contributed by atoms with Gasteiger partial charge in [-0.05, 0) is 11.6 Å². The van der Waals surface area contributed by atoms with Gasteiger partial charge >= 0.3 is 0 Å². The number of halogens is 1. The van der Waals surface area contributed by atoms with Gasteiger partial charge in [0.1, 0.15) is 0 Å². The van der Waals surface area contributed by atoms with Gasteiger partial charge < -0.3 is 11.1 Å². The molecule has 0 spiro atoms. The standard InChI is InChI=1S/C18H19ClN4O/c1-3-7-12(4-2)16(20)11-21-18(24)14-10-22-23-17(14)13-8-5-6-9-15(13)19/h3-10,16H,1-2,11,20H2,(H,21,24)(H,22,23)/b12-7+. The van der Waals surface area contributed by atoms with Gasteiger partial charge in [-0.1, -0.05) is 61.2 Å². The Balaban J connectivity index is 2.14. The smallest absolute Gasteiger partial charge is 0.255 e. The molecule has 24 heavy (non-hydrogen) atoms. The van der Waals surface area contributed by atoms with Crippen LogP contribution in [0, 0.1) is 0 Å². The number of hydrogen-bond acceptors (Lipinski definition) is 3. The Kier molecular flexibility index (Phi) is 6.12. The molecule has 4 N–H and O–H groups in total. The summed E-state index contributed by atoms with van der Waals surface area (Å²) in [5.74, 6) is -0.281. The molecule has 1 aromatic heterocycles. The van der Waals surface area contributed by atoms with Crippen LogP contribution in [0.25, 0.3) is 11.3 Å². The Morgan fingerprint density at radius 3 is 2.83 bits per heavy atom. The lowest BCUT2D eigenvalue weighted by Crippen LogP contribution is -2.38. The van der Waals surface area contributed by atoms with Crippen molar-refractivity contribution in [3.8, 4) is 11.3 Å². The molecule has 5 nitrogen and oxygen atoms in total. The Bertz CT molecular complexity index is 779. The number of aromatic amines is 1. The van der Waals surface area contributed by atoms with Gasteiger partial charge in [-0.3, -0.25) is 9.89 Å². The molecule has 1 atom stereocenters. The van der Waals surface area contributed by atoms with Gasteiger partial charge in [0.25, 0.3) is 5.91 Å². The Hall–Kier alpha value is -2.63. The summed E-state index contributed by atoms with van der Waals surface area (Å²) in [6.07, 6.45) is 6.50. The van der Waals surface area contributed by atoms with Crippen molar-refractivity contribution in [2.75, 3.05) is 6.54 Å². The highest BCUT2D eigenvalue weighted by Gasteiger charge is 2.17. The number of carbonyl (C=O) groups excluding carboxylic acids is 1. The molecule has 0 aliphatic carbocycles. The number of rotatable bonds is 7. The summed E-state index contributed by atoms with van der Waals surface area (Å²) >= 11 is 6.19. The molecular weight excluding hydrogens is 324 g/mol. The van der Waals surface area contributed by atoms with E-state index in [-0.39, 0.29) is 18.5 Å². The zero-order valence-corrected chi connectivity index (χ0v) is 13.9. The van der Waals surface area contributed by atoms with Crippen molar-refractivity contribution in [3.05, 3.63) is 78.0 Å². The van der Waals surface area contributed by atoms with E-state index in [1.165, 1.54) is 6.20 Å². The van der Waals surface area contributed by atoms with Gasteiger partial charge in [0, 0.05) is 23.2 Å². The lowest BCUT2D eigenvalue weighted by Gasteiger charge is -2.14. The quantitative estimate of drug-likeness (QED) is 0.676. The molecular formula is C18H19ClN4O. The Morgan fingerprint density at radius 1 is 1.42 bits per heavy atom. The van der Waals surface area contributed by atoms with Gasteiger partial charge in [0.15, 0.2) is 0 Å². The first-order valence-electron chi connectivity index (χ1n) is 7.35. The minimum Gasteiger partial charge on any atom is -0.350 e. The molecule has 2 rings (SSSR count). The van der Waals surface area contributed by atoms with Crippen LogP contribution >= 0.6 is 11.6 Å². The van der Waals surface area contributed by atoms with Crippen molar-refractivity contribution >= 4 is 17.5 Å². The molecule has 0 aliphatic heterocycles. The molecule has 0 aliphatic rings. The van der Waals surface area contributed by atoms with Crippen molar-refractivity contribution < 1.29 is 4.79 Å². The molecule has 124 valence electrons. The predicted octanol–water partition coefficient (Wildman–Crippen LogP) is 3.09. The number of benzene rings is 1. The minimum absolute atomic E-state index is 0.262. The lowest BCUT2D eigenvalue weighted by molar-refractivity contribution is 0.0953. The van der Waals surface area contributed by atoms with Crippen LogP contribution in [-0.2, 0) is 0 Å². The molecule has 1 aromatic carbocycles. The van der Waals surface area contributed by atoms with Crippen LogP contribution < -0.4 is 11.1 Å². The van der Waals surface area contributed by atoms with Crippen molar-refractivity contribution in [2.45, 2.75) is 6.04 Å². The molecule has 0 saturated carbocycles. The van der Waals surface area contributed by atoms with E-state index in [1.807, 2.05) is 18.2 Å². The number of carbonyl (C=O) groups is 1. The average molecular weight is 343 g/mol. The molecule has 1 unspecified atom stereocenters. The number of nitrogens with two attached hydrogens (primary N) is 1. The fraction of sp³-hybridized carbons (Fsp3) is 0.111. The number of nitrogens with zero attached hydrogens (tertiary/aromatic N) is 1. The molecule has 0 bridgehead atoms. The summed E-state index contributed by atoms with van der Waals surface area (Å²) in [5.41, 5.74) is 8.52. The molecule has 0 radical (unpaired) electrons. The third kappa shape index (κ3) is 4.01. The Labute approximate surface area is 145 Å². The zero-order chi connectivity index (χ0) is 17.5. The first kappa shape index (κ1) is 17.7. The van der Waals surface area contributed by atoms with Crippen molar-refractivity contribution in [2.24, 2.45) is 5.73 Å². The monoisotopic (exact) mass is 342 g/mol. The summed E-state index contributed by atoms with van der Waals surface area (Å²) in [5, 5.41) is 10.1. The maximum Gasteiger partial charge on any atom is 0.255 e. The highest BCUT2D eigenvalue weighted by molar-refractivity contribution is 6.33. The number of hydrogen-bond donors (Lipinski definition) is 3. The summed E-state index contributed by atoms with van der Waals surface area (Å²) in [4.78, 5) is 12.4. The summed E-state index contributed by atoms with van der Waals surface area (Å²) in [7, 11) is 0. The van der Waals surface area contributed by atoms with Crippen LogP contribution in [0.4, 0.5) is 0 Å². The van der Waals surface area contributed by atoms with Crippen LogP contribution in [0.3, 0.4) is 0 Å². The fourth-order valence-electron chi connectivity index (χ4n) is 2.22. The van der Waals surface area contributed by atoms with Crippen molar-refractivity contribution in [3.63, 3.8) is 0 Å². The second-order valence-electron chi connectivity index (χ2n) is 5.06. The van der Waals surface area contributed by atoms with Crippen molar-refractivity contribution in [1.82, 2.24) is 15.5 Å². The number of allylic oxidation sites excluding steroid dienone is 2. The number of nitrogens with one attached hydrogen (secondary N) is 2. The summed E-state index contributed by atoms with van der Waals surface area (Å²) < 4.78 is 0. The first-order valence-corrected chi connectivity index (χ1v) is 7.73. The van der Waals surface area contributed by atoms with E-state index < -0.39 is 0 Å². The van der Waals surface area contributed by atoms with Gasteiger partial charge in [-0.2, -0.15) is 5.10 Å². The molecule has 1 heterocycles. The SMILES string of the molecule is C=C/C=C(\C=C)C(N)CNC(=O)c1cn[nH]c1-c1ccccc1Cl. The summed E-state index contributed by atoms with van der Waals surface area (Å²) in [6, 6.07) is 6.87. The van der Waals surface area contributed by atoms with Crippen LogP contribution in [0.5, 0.6) is 0 Å². The molecule has 0 fully saturated rings. The average Bonchev–Trinajstić information content (AvgIpc) is 3.07. The fourth-order valence-corrected chi connectivity index (χ4v) is 2.45. The molecule has 1 amide bonds. The molecule has 0 saturated heterocycles. The Morgan fingerprint density at radius 2 is 2.17 bits per heavy atom. The minimum atomic E-state index is -0.375. The molecule has 2 aromatic rings.